The normalized spacial score (nSPS) is 10.6. The second kappa shape index (κ2) is 2.85. The molecule has 13 heavy (non-hydrogen) atoms. The van der Waals surface area contributed by atoms with Crippen molar-refractivity contribution in [1.29, 1.82) is 0 Å². The zero-order valence-corrected chi connectivity index (χ0v) is 7.63. The number of hydrogen-bond donors (Lipinski definition) is 0. The predicted molar refractivity (Wildman–Crippen MR) is 49.1 cm³/mol. The highest BCUT2D eigenvalue weighted by molar-refractivity contribution is 6.35. The number of carbonyl (C=O) groups excluding carboxylic acids is 1. The van der Waals surface area contributed by atoms with E-state index in [1.807, 2.05) is 0 Å². The van der Waals surface area contributed by atoms with Gasteiger partial charge in [0.05, 0.1) is 16.1 Å². The third-order valence-corrected chi connectivity index (χ3v) is 2.15. The second-order valence-corrected chi connectivity index (χ2v) is 3.17. The third kappa shape index (κ3) is 1.21. The second-order valence-electron chi connectivity index (χ2n) is 2.76. The van der Waals surface area contributed by atoms with E-state index in [2.05, 4.69) is 5.16 Å². The highest BCUT2D eigenvalue weighted by Gasteiger charge is 2.09. The van der Waals surface area contributed by atoms with Crippen molar-refractivity contribution in [3.8, 4) is 0 Å². The van der Waals surface area contributed by atoms with Gasteiger partial charge in [0, 0.05) is 5.56 Å². The first kappa shape index (κ1) is 8.26. The number of carbonyl (C=O) groups is 1. The van der Waals surface area contributed by atoms with Crippen molar-refractivity contribution >= 4 is 28.9 Å². The van der Waals surface area contributed by atoms with Crippen LogP contribution in [0.5, 0.6) is 0 Å². The minimum atomic E-state index is 0.494. The molecular weight excluding hydrogens is 190 g/mol. The molecule has 2 aromatic rings. The van der Waals surface area contributed by atoms with Gasteiger partial charge in [0.2, 0.25) is 0 Å². The first-order valence-corrected chi connectivity index (χ1v) is 4.11. The summed E-state index contributed by atoms with van der Waals surface area (Å²) in [7, 11) is 0. The average Bonchev–Trinajstić information content (AvgIpc) is 2.48. The van der Waals surface area contributed by atoms with Crippen molar-refractivity contribution in [2.45, 2.75) is 6.92 Å². The molecular formula is C9H6ClNO2. The summed E-state index contributed by atoms with van der Waals surface area (Å²) in [4.78, 5) is 10.5. The Labute approximate surface area is 79.3 Å². The van der Waals surface area contributed by atoms with E-state index in [1.54, 1.807) is 19.1 Å². The molecule has 1 aromatic carbocycles. The van der Waals surface area contributed by atoms with Crippen molar-refractivity contribution in [1.82, 2.24) is 5.16 Å². The number of aldehydes is 1. The maximum Gasteiger partial charge on any atom is 0.169 e. The SMILES string of the molecule is Cc1noc2cc(C=O)cc(Cl)c12. The summed E-state index contributed by atoms with van der Waals surface area (Å²) >= 11 is 5.93. The van der Waals surface area contributed by atoms with Gasteiger partial charge in [0.15, 0.2) is 5.58 Å². The van der Waals surface area contributed by atoms with Crippen LogP contribution in [0.1, 0.15) is 16.1 Å². The lowest BCUT2D eigenvalue weighted by Crippen LogP contribution is -1.80. The Balaban J connectivity index is 2.86. The fourth-order valence-corrected chi connectivity index (χ4v) is 1.61. The van der Waals surface area contributed by atoms with E-state index in [1.165, 1.54) is 0 Å². The molecule has 4 heteroatoms. The Hall–Kier alpha value is -1.35. The van der Waals surface area contributed by atoms with E-state index in [9.17, 15) is 4.79 Å². The highest BCUT2D eigenvalue weighted by Crippen LogP contribution is 2.27. The monoisotopic (exact) mass is 195 g/mol. The van der Waals surface area contributed by atoms with Gasteiger partial charge in [0.25, 0.3) is 0 Å². The van der Waals surface area contributed by atoms with E-state index in [0.717, 1.165) is 17.4 Å². The summed E-state index contributed by atoms with van der Waals surface area (Å²) < 4.78 is 4.98. The van der Waals surface area contributed by atoms with Gasteiger partial charge in [-0.15, -0.1) is 0 Å². The van der Waals surface area contributed by atoms with Gasteiger partial charge in [-0.2, -0.15) is 0 Å². The molecule has 0 amide bonds. The van der Waals surface area contributed by atoms with E-state index in [0.29, 0.717) is 16.2 Å². The number of fused-ring (bicyclic) bond motifs is 1. The lowest BCUT2D eigenvalue weighted by atomic mass is 10.1. The molecule has 1 heterocycles. The van der Waals surface area contributed by atoms with Crippen LogP contribution in [0, 0.1) is 6.92 Å². The molecule has 0 N–H and O–H groups in total. The van der Waals surface area contributed by atoms with Crippen LogP contribution in [0.3, 0.4) is 0 Å². The van der Waals surface area contributed by atoms with Crippen LogP contribution in [0.15, 0.2) is 16.7 Å². The maximum absolute atomic E-state index is 10.5. The molecule has 1 aromatic heterocycles. The smallest absolute Gasteiger partial charge is 0.169 e. The van der Waals surface area contributed by atoms with Crippen molar-refractivity contribution in [2.75, 3.05) is 0 Å². The zero-order chi connectivity index (χ0) is 9.42. The van der Waals surface area contributed by atoms with E-state index in [4.69, 9.17) is 16.1 Å². The Bertz CT molecular complexity index is 476. The fourth-order valence-electron chi connectivity index (χ4n) is 1.26. The van der Waals surface area contributed by atoms with Gasteiger partial charge in [-0.3, -0.25) is 4.79 Å². The standard InChI is InChI=1S/C9H6ClNO2/c1-5-9-7(10)2-6(4-12)3-8(9)13-11-5/h2-4H,1H3. The molecule has 0 radical (unpaired) electrons. The first-order chi connectivity index (χ1) is 6.22. The van der Waals surface area contributed by atoms with Gasteiger partial charge >= 0.3 is 0 Å². The summed E-state index contributed by atoms with van der Waals surface area (Å²) in [6, 6.07) is 3.22. The number of aryl methyl sites for hydroxylation is 1. The molecule has 0 unspecified atom stereocenters. The van der Waals surface area contributed by atoms with Crippen LogP contribution in [-0.4, -0.2) is 11.4 Å². The molecule has 0 aliphatic rings. The van der Waals surface area contributed by atoms with Crippen molar-refractivity contribution in [3.05, 3.63) is 28.4 Å². The molecule has 0 aliphatic carbocycles. The van der Waals surface area contributed by atoms with Crippen molar-refractivity contribution in [2.24, 2.45) is 0 Å². The number of aromatic nitrogens is 1. The highest BCUT2D eigenvalue weighted by atomic mass is 35.5. The maximum atomic E-state index is 10.5. The molecule has 0 atom stereocenters. The van der Waals surface area contributed by atoms with Gasteiger partial charge in [0.1, 0.15) is 6.29 Å². The number of hydrogen-bond acceptors (Lipinski definition) is 3. The molecule has 2 rings (SSSR count). The number of benzene rings is 1. The lowest BCUT2D eigenvalue weighted by molar-refractivity contribution is 0.112. The minimum Gasteiger partial charge on any atom is -0.356 e. The largest absolute Gasteiger partial charge is 0.356 e. The van der Waals surface area contributed by atoms with Gasteiger partial charge in [-0.25, -0.2) is 0 Å². The number of rotatable bonds is 1. The molecule has 3 nitrogen and oxygen atoms in total. The van der Waals surface area contributed by atoms with Crippen LogP contribution in [0.4, 0.5) is 0 Å². The molecule has 0 aliphatic heterocycles. The molecule has 0 fully saturated rings. The Morgan fingerprint density at radius 1 is 1.54 bits per heavy atom. The van der Waals surface area contributed by atoms with E-state index < -0.39 is 0 Å². The Kier molecular flexibility index (Phi) is 1.81. The summed E-state index contributed by atoms with van der Waals surface area (Å²) in [5.41, 5.74) is 1.78. The van der Waals surface area contributed by atoms with Crippen LogP contribution in [-0.2, 0) is 0 Å². The molecule has 0 bridgehead atoms. The van der Waals surface area contributed by atoms with Gasteiger partial charge < -0.3 is 4.52 Å². The minimum absolute atomic E-state index is 0.494. The quantitative estimate of drug-likeness (QED) is 0.657. The molecule has 0 saturated carbocycles. The molecule has 0 spiro atoms. The number of nitrogens with zero attached hydrogens (tertiary/aromatic N) is 1. The molecule has 66 valence electrons. The van der Waals surface area contributed by atoms with Crippen LogP contribution in [0.25, 0.3) is 11.0 Å². The fraction of sp³-hybridized carbons (Fsp3) is 0.111. The van der Waals surface area contributed by atoms with E-state index in [-0.39, 0.29) is 0 Å². The lowest BCUT2D eigenvalue weighted by Gasteiger charge is -1.93. The summed E-state index contributed by atoms with van der Waals surface area (Å²) in [6.45, 7) is 1.80. The topological polar surface area (TPSA) is 43.1 Å². The van der Waals surface area contributed by atoms with Gasteiger partial charge in [-0.1, -0.05) is 16.8 Å². The van der Waals surface area contributed by atoms with Gasteiger partial charge in [-0.05, 0) is 19.1 Å². The van der Waals surface area contributed by atoms with Crippen LogP contribution < -0.4 is 0 Å². The van der Waals surface area contributed by atoms with Crippen LogP contribution in [0.2, 0.25) is 5.02 Å². The predicted octanol–water partition coefficient (Wildman–Crippen LogP) is 2.60. The zero-order valence-electron chi connectivity index (χ0n) is 6.87. The van der Waals surface area contributed by atoms with Crippen LogP contribution >= 0.6 is 11.6 Å². The Morgan fingerprint density at radius 3 is 3.00 bits per heavy atom. The summed E-state index contributed by atoms with van der Waals surface area (Å²) in [5, 5.41) is 5.03. The molecule has 0 saturated heterocycles. The average molecular weight is 196 g/mol. The third-order valence-electron chi connectivity index (χ3n) is 1.86. The summed E-state index contributed by atoms with van der Waals surface area (Å²) in [6.07, 6.45) is 0.725. The Morgan fingerprint density at radius 2 is 2.31 bits per heavy atom. The van der Waals surface area contributed by atoms with Crippen molar-refractivity contribution < 1.29 is 9.32 Å². The van der Waals surface area contributed by atoms with Crippen molar-refractivity contribution in [3.63, 3.8) is 0 Å². The number of halogens is 1. The first-order valence-electron chi connectivity index (χ1n) is 3.73. The summed E-state index contributed by atoms with van der Waals surface area (Å²) in [5.74, 6) is 0. The van der Waals surface area contributed by atoms with E-state index >= 15 is 0 Å².